The molecule has 3 nitrogen and oxygen atoms in total. The van der Waals surface area contributed by atoms with E-state index in [0.29, 0.717) is 5.56 Å². The van der Waals surface area contributed by atoms with E-state index in [-0.39, 0.29) is 12.2 Å². The van der Waals surface area contributed by atoms with Gasteiger partial charge in [0, 0.05) is 6.92 Å². The van der Waals surface area contributed by atoms with Crippen LogP contribution in [0.5, 0.6) is 0 Å². The summed E-state index contributed by atoms with van der Waals surface area (Å²) in [4.78, 5) is 21.4. The number of esters is 2. The molecule has 0 aliphatic heterocycles. The van der Waals surface area contributed by atoms with Gasteiger partial charge in [0.15, 0.2) is 0 Å². The normalized spacial score (nSPS) is 9.57. The second-order valence-electron chi connectivity index (χ2n) is 2.77. The summed E-state index contributed by atoms with van der Waals surface area (Å²) in [6.07, 6.45) is -0.0279. The van der Waals surface area contributed by atoms with Crippen LogP contribution in [0.3, 0.4) is 0 Å². The Labute approximate surface area is 80.5 Å². The van der Waals surface area contributed by atoms with Crippen LogP contribution in [0.1, 0.15) is 12.5 Å². The molecule has 0 aromatic heterocycles. The number of hydrogen-bond donors (Lipinski definition) is 0. The van der Waals surface area contributed by atoms with E-state index in [4.69, 9.17) is 0 Å². The van der Waals surface area contributed by atoms with Crippen LogP contribution in [0, 0.1) is 5.82 Å². The topological polar surface area (TPSA) is 43.4 Å². The molecule has 74 valence electrons. The third kappa shape index (κ3) is 3.35. The first-order valence-electron chi connectivity index (χ1n) is 4.03. The maximum atomic E-state index is 12.5. The Morgan fingerprint density at radius 2 is 1.86 bits per heavy atom. The van der Waals surface area contributed by atoms with Crippen molar-refractivity contribution < 1.29 is 18.7 Å². The summed E-state index contributed by atoms with van der Waals surface area (Å²) in [5.74, 6) is -1.64. The van der Waals surface area contributed by atoms with Gasteiger partial charge in [-0.25, -0.2) is 4.39 Å². The molecule has 0 saturated heterocycles. The fourth-order valence-corrected chi connectivity index (χ4v) is 0.965. The summed E-state index contributed by atoms with van der Waals surface area (Å²) in [5, 5.41) is 0. The fourth-order valence-electron chi connectivity index (χ4n) is 0.965. The van der Waals surface area contributed by atoms with E-state index in [0.717, 1.165) is 6.92 Å². The highest BCUT2D eigenvalue weighted by atomic mass is 19.1. The lowest BCUT2D eigenvalue weighted by atomic mass is 10.1. The molecule has 0 radical (unpaired) electrons. The summed E-state index contributed by atoms with van der Waals surface area (Å²) in [6.45, 7) is 1.16. The molecule has 0 aliphatic carbocycles. The molecular weight excluding hydrogens is 187 g/mol. The van der Waals surface area contributed by atoms with Gasteiger partial charge in [-0.3, -0.25) is 9.59 Å². The minimum atomic E-state index is -0.642. The van der Waals surface area contributed by atoms with Crippen LogP contribution in [0.2, 0.25) is 0 Å². The first-order valence-corrected chi connectivity index (χ1v) is 4.03. The highest BCUT2D eigenvalue weighted by molar-refractivity contribution is 5.85. The summed E-state index contributed by atoms with van der Waals surface area (Å²) in [7, 11) is 0. The van der Waals surface area contributed by atoms with Crippen LogP contribution < -0.4 is 0 Å². The number of carbonyl (C=O) groups excluding carboxylic acids is 2. The van der Waals surface area contributed by atoms with Crippen molar-refractivity contribution in [1.29, 1.82) is 0 Å². The van der Waals surface area contributed by atoms with Crippen molar-refractivity contribution in [1.82, 2.24) is 0 Å². The lowest BCUT2D eigenvalue weighted by molar-refractivity contribution is -0.157. The molecule has 0 amide bonds. The zero-order chi connectivity index (χ0) is 10.6. The highest BCUT2D eigenvalue weighted by Crippen LogP contribution is 2.04. The Morgan fingerprint density at radius 3 is 2.36 bits per heavy atom. The molecule has 0 unspecified atom stereocenters. The van der Waals surface area contributed by atoms with Crippen molar-refractivity contribution in [2.24, 2.45) is 0 Å². The largest absolute Gasteiger partial charge is 0.393 e. The molecule has 0 aliphatic rings. The number of halogens is 1. The predicted molar refractivity (Wildman–Crippen MR) is 46.9 cm³/mol. The minimum Gasteiger partial charge on any atom is -0.393 e. The van der Waals surface area contributed by atoms with Crippen molar-refractivity contribution in [2.75, 3.05) is 0 Å². The molecule has 0 spiro atoms. The van der Waals surface area contributed by atoms with Gasteiger partial charge in [0.1, 0.15) is 5.82 Å². The van der Waals surface area contributed by atoms with Crippen molar-refractivity contribution in [2.45, 2.75) is 13.3 Å². The molecule has 0 fully saturated rings. The van der Waals surface area contributed by atoms with E-state index >= 15 is 0 Å². The van der Waals surface area contributed by atoms with Gasteiger partial charge in [-0.05, 0) is 17.7 Å². The van der Waals surface area contributed by atoms with Gasteiger partial charge in [-0.2, -0.15) is 0 Å². The van der Waals surface area contributed by atoms with Crippen LogP contribution in [-0.4, -0.2) is 11.9 Å². The maximum Gasteiger partial charge on any atom is 0.317 e. The standard InChI is InChI=1S/C10H9FO3/c1-7(12)14-10(13)6-8-2-4-9(11)5-3-8/h2-5H,6H2,1H3. The number of hydrogen-bond acceptors (Lipinski definition) is 3. The molecule has 1 rings (SSSR count). The third-order valence-corrected chi connectivity index (χ3v) is 1.52. The first-order chi connectivity index (χ1) is 6.58. The average Bonchev–Trinajstić information content (AvgIpc) is 2.07. The maximum absolute atomic E-state index is 12.5. The van der Waals surface area contributed by atoms with Gasteiger partial charge in [0.2, 0.25) is 0 Å². The van der Waals surface area contributed by atoms with Crippen LogP contribution in [0.15, 0.2) is 24.3 Å². The summed E-state index contributed by atoms with van der Waals surface area (Å²) < 4.78 is 16.8. The molecule has 1 aromatic carbocycles. The summed E-state index contributed by atoms with van der Waals surface area (Å²) >= 11 is 0. The molecular formula is C10H9FO3. The molecule has 0 N–H and O–H groups in total. The predicted octanol–water partition coefficient (Wildman–Crippen LogP) is 1.46. The molecule has 0 saturated carbocycles. The molecule has 4 heteroatoms. The SMILES string of the molecule is CC(=O)OC(=O)Cc1ccc(F)cc1. The number of benzene rings is 1. The van der Waals surface area contributed by atoms with E-state index in [1.54, 1.807) is 0 Å². The van der Waals surface area contributed by atoms with Crippen LogP contribution >= 0.6 is 0 Å². The van der Waals surface area contributed by atoms with E-state index in [9.17, 15) is 14.0 Å². The Hall–Kier alpha value is -1.71. The fraction of sp³-hybridized carbons (Fsp3) is 0.200. The van der Waals surface area contributed by atoms with Crippen molar-refractivity contribution in [3.8, 4) is 0 Å². The number of ether oxygens (including phenoxy) is 1. The van der Waals surface area contributed by atoms with E-state index in [1.807, 2.05) is 0 Å². The lowest BCUT2D eigenvalue weighted by Gasteiger charge is -1.99. The quantitative estimate of drug-likeness (QED) is 0.531. The Kier molecular flexibility index (Phi) is 3.34. The molecule has 0 bridgehead atoms. The average molecular weight is 196 g/mol. The van der Waals surface area contributed by atoms with Crippen molar-refractivity contribution >= 4 is 11.9 Å². The van der Waals surface area contributed by atoms with Gasteiger partial charge < -0.3 is 4.74 Å². The Morgan fingerprint density at radius 1 is 1.29 bits per heavy atom. The second kappa shape index (κ2) is 4.50. The second-order valence-corrected chi connectivity index (χ2v) is 2.77. The van der Waals surface area contributed by atoms with Gasteiger partial charge >= 0.3 is 11.9 Å². The zero-order valence-electron chi connectivity index (χ0n) is 7.62. The van der Waals surface area contributed by atoms with E-state index in [2.05, 4.69) is 4.74 Å². The van der Waals surface area contributed by atoms with Crippen molar-refractivity contribution in [3.05, 3.63) is 35.6 Å². The van der Waals surface area contributed by atoms with Gasteiger partial charge in [-0.1, -0.05) is 12.1 Å². The number of carbonyl (C=O) groups is 2. The molecule has 0 heterocycles. The zero-order valence-corrected chi connectivity index (χ0v) is 7.62. The van der Waals surface area contributed by atoms with Crippen LogP contribution in [0.25, 0.3) is 0 Å². The van der Waals surface area contributed by atoms with Crippen LogP contribution in [-0.2, 0) is 20.7 Å². The van der Waals surface area contributed by atoms with Gasteiger partial charge in [-0.15, -0.1) is 0 Å². The summed E-state index contributed by atoms with van der Waals surface area (Å²) in [6, 6.07) is 5.43. The monoisotopic (exact) mass is 196 g/mol. The molecule has 1 aromatic rings. The minimum absolute atomic E-state index is 0.0279. The molecule has 0 atom stereocenters. The van der Waals surface area contributed by atoms with E-state index < -0.39 is 11.9 Å². The van der Waals surface area contributed by atoms with Gasteiger partial charge in [0.25, 0.3) is 0 Å². The van der Waals surface area contributed by atoms with Crippen LogP contribution in [0.4, 0.5) is 4.39 Å². The summed E-state index contributed by atoms with van der Waals surface area (Å²) in [5.41, 5.74) is 0.609. The lowest BCUT2D eigenvalue weighted by Crippen LogP contribution is -2.11. The van der Waals surface area contributed by atoms with E-state index in [1.165, 1.54) is 24.3 Å². The molecule has 14 heavy (non-hydrogen) atoms. The highest BCUT2D eigenvalue weighted by Gasteiger charge is 2.06. The number of rotatable bonds is 2. The van der Waals surface area contributed by atoms with Crippen molar-refractivity contribution in [3.63, 3.8) is 0 Å². The first kappa shape index (κ1) is 10.4. The smallest absolute Gasteiger partial charge is 0.317 e. The third-order valence-electron chi connectivity index (χ3n) is 1.52. The Bertz CT molecular complexity index is 343. The van der Waals surface area contributed by atoms with Gasteiger partial charge in [0.05, 0.1) is 6.42 Å². The Balaban J connectivity index is 2.56.